The first-order valence-electron chi connectivity index (χ1n) is 10.9. The van der Waals surface area contributed by atoms with Gasteiger partial charge in [0.25, 0.3) is 0 Å². The maximum atomic E-state index is 8.95. The van der Waals surface area contributed by atoms with Gasteiger partial charge in [-0.15, -0.1) is 0 Å². The summed E-state index contributed by atoms with van der Waals surface area (Å²) in [6.07, 6.45) is 13.1. The van der Waals surface area contributed by atoms with Gasteiger partial charge in [-0.25, -0.2) is 0 Å². The Bertz CT molecular complexity index is 712. The lowest BCUT2D eigenvalue weighted by Crippen LogP contribution is -2.12. The highest BCUT2D eigenvalue weighted by Gasteiger charge is 2.23. The van der Waals surface area contributed by atoms with Crippen LogP contribution >= 0.6 is 0 Å². The number of nitrogens with zero attached hydrogens (tertiary/aromatic N) is 1. The zero-order valence-electron chi connectivity index (χ0n) is 16.8. The fraction of sp³-hybridized carbons (Fsp3) is 0.500. The number of hydrogen-bond acceptors (Lipinski definition) is 1. The lowest BCUT2D eigenvalue weighted by Gasteiger charge is -2.29. The standard InChI is InChI=1S/C26H33N/c1-2-3-4-5-6-7-21-8-12-23(13-9-21)25-16-18-26(19-17-25)24-14-10-22(20-27)11-15-24/h8-15,25-26H,2-7,16-19H2,1H3/t25-,26-. The number of benzene rings is 2. The highest BCUT2D eigenvalue weighted by Crippen LogP contribution is 2.40. The Morgan fingerprint density at radius 1 is 0.741 bits per heavy atom. The van der Waals surface area contributed by atoms with Crippen LogP contribution in [-0.2, 0) is 6.42 Å². The van der Waals surface area contributed by atoms with Crippen molar-refractivity contribution in [1.29, 1.82) is 5.26 Å². The third kappa shape index (κ3) is 5.70. The molecule has 1 aliphatic rings. The molecule has 0 bridgehead atoms. The Morgan fingerprint density at radius 3 is 1.78 bits per heavy atom. The van der Waals surface area contributed by atoms with Crippen molar-refractivity contribution >= 4 is 0 Å². The molecule has 1 aliphatic carbocycles. The molecule has 1 saturated carbocycles. The molecule has 1 heteroatoms. The summed E-state index contributed by atoms with van der Waals surface area (Å²) < 4.78 is 0. The molecule has 0 aliphatic heterocycles. The van der Waals surface area contributed by atoms with E-state index in [9.17, 15) is 0 Å². The summed E-state index contributed by atoms with van der Waals surface area (Å²) in [6, 6.07) is 19.9. The molecule has 1 nitrogen and oxygen atoms in total. The third-order valence-electron chi connectivity index (χ3n) is 6.26. The predicted octanol–water partition coefficient (Wildman–Crippen LogP) is 7.51. The molecule has 27 heavy (non-hydrogen) atoms. The zero-order chi connectivity index (χ0) is 18.9. The van der Waals surface area contributed by atoms with E-state index in [0.29, 0.717) is 5.92 Å². The fourth-order valence-electron chi connectivity index (χ4n) is 4.48. The molecule has 0 amide bonds. The van der Waals surface area contributed by atoms with Crippen LogP contribution in [0, 0.1) is 11.3 Å². The Balaban J connectivity index is 1.47. The SMILES string of the molecule is CCCCCCCc1ccc([C@H]2CC[C@H](c3ccc(C#N)cc3)CC2)cc1. The van der Waals surface area contributed by atoms with Crippen molar-refractivity contribution in [3.8, 4) is 6.07 Å². The highest BCUT2D eigenvalue weighted by molar-refractivity contribution is 5.33. The number of nitriles is 1. The van der Waals surface area contributed by atoms with E-state index in [2.05, 4.69) is 49.4 Å². The molecule has 0 atom stereocenters. The molecule has 1 fully saturated rings. The van der Waals surface area contributed by atoms with Gasteiger partial charge in [-0.3, -0.25) is 0 Å². The van der Waals surface area contributed by atoms with Gasteiger partial charge in [-0.1, -0.05) is 69.0 Å². The third-order valence-corrected chi connectivity index (χ3v) is 6.26. The Kier molecular flexibility index (Phi) is 7.52. The first kappa shape index (κ1) is 19.7. The molecule has 3 rings (SSSR count). The zero-order valence-corrected chi connectivity index (χ0v) is 16.8. The van der Waals surface area contributed by atoms with Crippen LogP contribution in [0.25, 0.3) is 0 Å². The van der Waals surface area contributed by atoms with Gasteiger partial charge in [0.05, 0.1) is 11.6 Å². The summed E-state index contributed by atoms with van der Waals surface area (Å²) in [5.74, 6) is 1.38. The predicted molar refractivity (Wildman–Crippen MR) is 114 cm³/mol. The minimum atomic E-state index is 0.663. The van der Waals surface area contributed by atoms with Gasteiger partial charge in [0.1, 0.15) is 0 Å². The van der Waals surface area contributed by atoms with E-state index in [4.69, 9.17) is 5.26 Å². The lowest BCUT2D eigenvalue weighted by atomic mass is 9.76. The molecule has 0 heterocycles. The van der Waals surface area contributed by atoms with E-state index in [1.165, 1.54) is 80.9 Å². The molecule has 0 saturated heterocycles. The highest BCUT2D eigenvalue weighted by atomic mass is 14.3. The number of rotatable bonds is 8. The summed E-state index contributed by atoms with van der Waals surface area (Å²) in [6.45, 7) is 2.27. The van der Waals surface area contributed by atoms with Crippen LogP contribution in [0.1, 0.15) is 98.8 Å². The number of aryl methyl sites for hydroxylation is 1. The Morgan fingerprint density at radius 2 is 1.26 bits per heavy atom. The molecular weight excluding hydrogens is 326 g/mol. The lowest BCUT2D eigenvalue weighted by molar-refractivity contribution is 0.396. The maximum Gasteiger partial charge on any atom is 0.0991 e. The summed E-state index contributed by atoms with van der Waals surface area (Å²) in [4.78, 5) is 0. The van der Waals surface area contributed by atoms with Crippen LogP contribution in [0.15, 0.2) is 48.5 Å². The van der Waals surface area contributed by atoms with Crippen molar-refractivity contribution in [3.05, 3.63) is 70.8 Å². The molecule has 0 radical (unpaired) electrons. The van der Waals surface area contributed by atoms with Crippen LogP contribution < -0.4 is 0 Å². The van der Waals surface area contributed by atoms with E-state index in [1.54, 1.807) is 0 Å². The van der Waals surface area contributed by atoms with E-state index >= 15 is 0 Å². The average molecular weight is 360 g/mol. The quantitative estimate of drug-likeness (QED) is 0.447. The van der Waals surface area contributed by atoms with E-state index in [1.807, 2.05) is 12.1 Å². The van der Waals surface area contributed by atoms with E-state index in [0.717, 1.165) is 11.5 Å². The first-order chi connectivity index (χ1) is 13.3. The van der Waals surface area contributed by atoms with Crippen LogP contribution in [-0.4, -0.2) is 0 Å². The monoisotopic (exact) mass is 359 g/mol. The topological polar surface area (TPSA) is 23.8 Å². The minimum absolute atomic E-state index is 0.663. The summed E-state index contributed by atoms with van der Waals surface area (Å²) in [7, 11) is 0. The Hall–Kier alpha value is -2.07. The normalized spacial score (nSPS) is 19.6. The van der Waals surface area contributed by atoms with Gasteiger partial charge in [0, 0.05) is 0 Å². The van der Waals surface area contributed by atoms with Gasteiger partial charge in [-0.2, -0.15) is 5.26 Å². The minimum Gasteiger partial charge on any atom is -0.192 e. The van der Waals surface area contributed by atoms with Crippen molar-refractivity contribution in [2.45, 2.75) is 83.0 Å². The van der Waals surface area contributed by atoms with Crippen molar-refractivity contribution < 1.29 is 0 Å². The van der Waals surface area contributed by atoms with Gasteiger partial charge in [-0.05, 0) is 79.2 Å². The van der Waals surface area contributed by atoms with Crippen LogP contribution in [0.4, 0.5) is 0 Å². The second kappa shape index (κ2) is 10.3. The number of hydrogen-bond donors (Lipinski definition) is 0. The molecule has 0 aromatic heterocycles. The molecule has 0 spiro atoms. The fourth-order valence-corrected chi connectivity index (χ4v) is 4.48. The van der Waals surface area contributed by atoms with Crippen LogP contribution in [0.2, 0.25) is 0 Å². The van der Waals surface area contributed by atoms with Crippen LogP contribution in [0.5, 0.6) is 0 Å². The van der Waals surface area contributed by atoms with Crippen LogP contribution in [0.3, 0.4) is 0 Å². The van der Waals surface area contributed by atoms with Crippen molar-refractivity contribution in [1.82, 2.24) is 0 Å². The summed E-state index contributed by atoms with van der Waals surface area (Å²) >= 11 is 0. The largest absolute Gasteiger partial charge is 0.192 e. The second-order valence-corrected chi connectivity index (χ2v) is 8.19. The van der Waals surface area contributed by atoms with Gasteiger partial charge < -0.3 is 0 Å². The van der Waals surface area contributed by atoms with Gasteiger partial charge in [0.15, 0.2) is 0 Å². The second-order valence-electron chi connectivity index (χ2n) is 8.19. The van der Waals surface area contributed by atoms with Gasteiger partial charge in [0.2, 0.25) is 0 Å². The molecule has 2 aromatic rings. The molecule has 0 unspecified atom stereocenters. The average Bonchev–Trinajstić information content (AvgIpc) is 2.74. The van der Waals surface area contributed by atoms with Gasteiger partial charge >= 0.3 is 0 Å². The van der Waals surface area contributed by atoms with E-state index < -0.39 is 0 Å². The maximum absolute atomic E-state index is 8.95. The smallest absolute Gasteiger partial charge is 0.0991 e. The Labute approximate surface area is 165 Å². The van der Waals surface area contributed by atoms with E-state index in [-0.39, 0.29) is 0 Å². The van der Waals surface area contributed by atoms with Crippen molar-refractivity contribution in [2.24, 2.45) is 0 Å². The summed E-state index contributed by atoms with van der Waals surface area (Å²) in [5.41, 5.74) is 5.20. The first-order valence-corrected chi connectivity index (χ1v) is 10.9. The van der Waals surface area contributed by atoms with Crippen molar-refractivity contribution in [2.75, 3.05) is 0 Å². The van der Waals surface area contributed by atoms with Crippen molar-refractivity contribution in [3.63, 3.8) is 0 Å². The molecule has 142 valence electrons. The molecule has 0 N–H and O–H groups in total. The summed E-state index contributed by atoms with van der Waals surface area (Å²) in [5, 5.41) is 8.95. The molecule has 2 aromatic carbocycles. The number of unbranched alkanes of at least 4 members (excludes halogenated alkanes) is 4. The molecular formula is C26H33N.